The molecule has 1 aliphatic rings. The molecule has 2 aromatic heterocycles. The zero-order chi connectivity index (χ0) is 18.1. The maximum Gasteiger partial charge on any atom is 0.247 e. The minimum absolute atomic E-state index is 0.0630. The molecule has 1 aliphatic heterocycles. The van der Waals surface area contributed by atoms with E-state index in [0.717, 1.165) is 31.5 Å². The van der Waals surface area contributed by atoms with Crippen LogP contribution in [0.15, 0.2) is 36.8 Å². The van der Waals surface area contributed by atoms with Gasteiger partial charge in [0.1, 0.15) is 11.8 Å². The first-order chi connectivity index (χ1) is 12.6. The number of benzene rings is 1. The molecule has 0 spiro atoms. The van der Waals surface area contributed by atoms with Crippen molar-refractivity contribution in [2.45, 2.75) is 25.5 Å². The number of nitrogen functional groups attached to an aromatic ring is 1. The molecule has 3 aromatic rings. The standard InChI is InChI=1S/C18H20FN5O2/c19-15-9-13(20)1-2-16(15)26-18-17-12(3-8-24(17)22-11-21-18)10-23-6-4-14(25)5-7-23/h1-3,8-9,11,14,25H,4-7,10,20H2. The minimum Gasteiger partial charge on any atom is -0.434 e. The highest BCUT2D eigenvalue weighted by atomic mass is 19.1. The molecule has 0 radical (unpaired) electrons. The van der Waals surface area contributed by atoms with E-state index in [9.17, 15) is 9.50 Å². The van der Waals surface area contributed by atoms with Crippen LogP contribution in [0, 0.1) is 5.82 Å². The van der Waals surface area contributed by atoms with Gasteiger partial charge >= 0.3 is 0 Å². The Morgan fingerprint density at radius 2 is 2.08 bits per heavy atom. The second-order valence-electron chi connectivity index (χ2n) is 6.50. The summed E-state index contributed by atoms with van der Waals surface area (Å²) in [6.45, 7) is 2.35. The van der Waals surface area contributed by atoms with Gasteiger partial charge in [-0.3, -0.25) is 4.90 Å². The van der Waals surface area contributed by atoms with Gasteiger partial charge in [-0.25, -0.2) is 8.91 Å². The fourth-order valence-corrected chi connectivity index (χ4v) is 3.21. The van der Waals surface area contributed by atoms with Crippen molar-refractivity contribution in [3.05, 3.63) is 48.2 Å². The van der Waals surface area contributed by atoms with Gasteiger partial charge in [-0.2, -0.15) is 10.1 Å². The number of likely N-dealkylation sites (tertiary alicyclic amines) is 1. The molecule has 0 bridgehead atoms. The van der Waals surface area contributed by atoms with Crippen LogP contribution >= 0.6 is 0 Å². The van der Waals surface area contributed by atoms with Gasteiger partial charge in [-0.15, -0.1) is 0 Å². The van der Waals surface area contributed by atoms with E-state index in [1.165, 1.54) is 18.5 Å². The van der Waals surface area contributed by atoms with Crippen LogP contribution in [0.4, 0.5) is 10.1 Å². The largest absolute Gasteiger partial charge is 0.434 e. The number of rotatable bonds is 4. The number of ether oxygens (including phenoxy) is 1. The van der Waals surface area contributed by atoms with E-state index in [1.54, 1.807) is 10.6 Å². The van der Waals surface area contributed by atoms with Gasteiger partial charge in [-0.1, -0.05) is 0 Å². The maximum absolute atomic E-state index is 14.1. The summed E-state index contributed by atoms with van der Waals surface area (Å²) in [6, 6.07) is 6.24. The van der Waals surface area contributed by atoms with Crippen LogP contribution in [0.3, 0.4) is 0 Å². The van der Waals surface area contributed by atoms with Crippen LogP contribution in [-0.2, 0) is 6.54 Å². The van der Waals surface area contributed by atoms with Crippen molar-refractivity contribution in [3.63, 3.8) is 0 Å². The molecule has 0 atom stereocenters. The number of nitrogens with zero attached hydrogens (tertiary/aromatic N) is 4. The van der Waals surface area contributed by atoms with Crippen LogP contribution in [0.25, 0.3) is 5.52 Å². The first kappa shape index (κ1) is 16.7. The molecule has 1 aromatic carbocycles. The van der Waals surface area contributed by atoms with Gasteiger partial charge in [0.15, 0.2) is 11.6 Å². The first-order valence-corrected chi connectivity index (χ1v) is 8.54. The second-order valence-corrected chi connectivity index (χ2v) is 6.50. The van der Waals surface area contributed by atoms with Crippen molar-refractivity contribution in [1.29, 1.82) is 0 Å². The molecule has 3 N–H and O–H groups in total. The van der Waals surface area contributed by atoms with Crippen molar-refractivity contribution < 1.29 is 14.2 Å². The van der Waals surface area contributed by atoms with Crippen LogP contribution in [-0.4, -0.2) is 43.8 Å². The Balaban J connectivity index is 1.64. The molecular weight excluding hydrogens is 337 g/mol. The fourth-order valence-electron chi connectivity index (χ4n) is 3.21. The summed E-state index contributed by atoms with van der Waals surface area (Å²) in [4.78, 5) is 6.46. The van der Waals surface area contributed by atoms with Crippen LogP contribution < -0.4 is 10.5 Å². The number of halogens is 1. The molecule has 8 heteroatoms. The molecule has 26 heavy (non-hydrogen) atoms. The van der Waals surface area contributed by atoms with Gasteiger partial charge in [-0.05, 0) is 36.6 Å². The summed E-state index contributed by atoms with van der Waals surface area (Å²) < 4.78 is 21.5. The van der Waals surface area contributed by atoms with Crippen molar-refractivity contribution in [2.75, 3.05) is 18.8 Å². The lowest BCUT2D eigenvalue weighted by molar-refractivity contribution is 0.0794. The third-order valence-corrected chi connectivity index (χ3v) is 4.62. The molecule has 0 unspecified atom stereocenters. The molecular formula is C18H20FN5O2. The quantitative estimate of drug-likeness (QED) is 0.696. The fraction of sp³-hybridized carbons (Fsp3) is 0.333. The number of piperidine rings is 1. The molecule has 4 rings (SSSR count). The summed E-state index contributed by atoms with van der Waals surface area (Å²) in [5.41, 5.74) is 7.61. The number of anilines is 1. The summed E-state index contributed by atoms with van der Waals surface area (Å²) in [5.74, 6) is -0.186. The number of hydrogen-bond donors (Lipinski definition) is 2. The second kappa shape index (κ2) is 6.89. The Kier molecular flexibility index (Phi) is 4.44. The monoisotopic (exact) mass is 357 g/mol. The van der Waals surface area contributed by atoms with E-state index < -0.39 is 5.82 Å². The summed E-state index contributed by atoms with van der Waals surface area (Å²) in [5, 5.41) is 13.9. The van der Waals surface area contributed by atoms with Gasteiger partial charge in [0.05, 0.1) is 6.10 Å². The van der Waals surface area contributed by atoms with Crippen molar-refractivity contribution in [2.24, 2.45) is 0 Å². The van der Waals surface area contributed by atoms with E-state index in [4.69, 9.17) is 10.5 Å². The number of aliphatic hydroxyl groups is 1. The smallest absolute Gasteiger partial charge is 0.247 e. The first-order valence-electron chi connectivity index (χ1n) is 8.54. The minimum atomic E-state index is -0.542. The Labute approximate surface area is 149 Å². The number of hydrogen-bond acceptors (Lipinski definition) is 6. The average molecular weight is 357 g/mol. The number of nitrogens with two attached hydrogens (primary N) is 1. The zero-order valence-corrected chi connectivity index (χ0v) is 14.2. The number of aliphatic hydroxyl groups excluding tert-OH is 1. The van der Waals surface area contributed by atoms with Crippen molar-refractivity contribution in [3.8, 4) is 11.6 Å². The topological polar surface area (TPSA) is 88.9 Å². The number of aromatic nitrogens is 3. The maximum atomic E-state index is 14.1. The van der Waals surface area contributed by atoms with E-state index >= 15 is 0 Å². The van der Waals surface area contributed by atoms with Crippen LogP contribution in [0.5, 0.6) is 11.6 Å². The lowest BCUT2D eigenvalue weighted by Crippen LogP contribution is -2.35. The van der Waals surface area contributed by atoms with Gasteiger partial charge in [0.25, 0.3) is 0 Å². The van der Waals surface area contributed by atoms with Crippen LogP contribution in [0.1, 0.15) is 18.4 Å². The highest BCUT2D eigenvalue weighted by molar-refractivity contribution is 5.63. The van der Waals surface area contributed by atoms with Crippen molar-refractivity contribution >= 4 is 11.2 Å². The third kappa shape index (κ3) is 3.33. The molecule has 3 heterocycles. The van der Waals surface area contributed by atoms with E-state index in [1.807, 2.05) is 12.3 Å². The zero-order valence-electron chi connectivity index (χ0n) is 14.2. The van der Waals surface area contributed by atoms with Gasteiger partial charge < -0.3 is 15.6 Å². The lowest BCUT2D eigenvalue weighted by atomic mass is 10.1. The highest BCUT2D eigenvalue weighted by Gasteiger charge is 2.20. The summed E-state index contributed by atoms with van der Waals surface area (Å²) in [7, 11) is 0. The molecule has 136 valence electrons. The Morgan fingerprint density at radius 3 is 2.85 bits per heavy atom. The van der Waals surface area contributed by atoms with Gasteiger partial charge in [0.2, 0.25) is 5.88 Å². The summed E-state index contributed by atoms with van der Waals surface area (Å²) in [6.07, 6.45) is 4.52. The predicted molar refractivity (Wildman–Crippen MR) is 94.4 cm³/mol. The molecule has 0 amide bonds. The Morgan fingerprint density at radius 1 is 1.27 bits per heavy atom. The molecule has 7 nitrogen and oxygen atoms in total. The highest BCUT2D eigenvalue weighted by Crippen LogP contribution is 2.30. The Hall–Kier alpha value is -2.71. The summed E-state index contributed by atoms with van der Waals surface area (Å²) >= 11 is 0. The Bertz CT molecular complexity index is 921. The van der Waals surface area contributed by atoms with E-state index in [-0.39, 0.29) is 11.9 Å². The molecule has 0 saturated carbocycles. The molecule has 1 fully saturated rings. The van der Waals surface area contributed by atoms with E-state index in [2.05, 4.69) is 15.0 Å². The van der Waals surface area contributed by atoms with E-state index in [0.29, 0.717) is 23.6 Å². The number of fused-ring (bicyclic) bond motifs is 1. The molecule has 0 aliphatic carbocycles. The average Bonchev–Trinajstić information content (AvgIpc) is 3.03. The van der Waals surface area contributed by atoms with Crippen LogP contribution in [0.2, 0.25) is 0 Å². The SMILES string of the molecule is Nc1ccc(Oc2ncnn3ccc(CN4CCC(O)CC4)c23)c(F)c1. The lowest BCUT2D eigenvalue weighted by Gasteiger charge is -2.29. The van der Waals surface area contributed by atoms with Gasteiger partial charge in [0, 0.05) is 37.6 Å². The normalized spacial score (nSPS) is 16.2. The predicted octanol–water partition coefficient (Wildman–Crippen LogP) is 2.20. The molecule has 1 saturated heterocycles. The van der Waals surface area contributed by atoms with Crippen molar-refractivity contribution in [1.82, 2.24) is 19.5 Å². The third-order valence-electron chi connectivity index (χ3n) is 4.62.